The van der Waals surface area contributed by atoms with Crippen molar-refractivity contribution in [2.45, 2.75) is 40.7 Å². The van der Waals surface area contributed by atoms with Gasteiger partial charge in [0.2, 0.25) is 0 Å². The summed E-state index contributed by atoms with van der Waals surface area (Å²) in [5, 5.41) is 11.5. The van der Waals surface area contributed by atoms with E-state index in [0.29, 0.717) is 17.2 Å². The molecule has 2 rings (SSSR count). The standard InChI is InChI=1S/C20H24N2O3/c1-12(2)9-18-16(10-21-20(24)25)19(17(11-23)14(4)22-18)15-7-5-13(3)6-8-15/h5-8,11-12,21H,9-10H2,1-4H3,(H,24,25). The quantitative estimate of drug-likeness (QED) is 0.775. The van der Waals surface area contributed by atoms with Gasteiger partial charge in [-0.25, -0.2) is 4.79 Å². The molecule has 5 heteroatoms. The van der Waals surface area contributed by atoms with Gasteiger partial charge in [-0.05, 0) is 31.7 Å². The Balaban J connectivity index is 2.73. The van der Waals surface area contributed by atoms with E-state index >= 15 is 0 Å². The van der Waals surface area contributed by atoms with Crippen LogP contribution in [0.5, 0.6) is 0 Å². The first kappa shape index (κ1) is 18.6. The van der Waals surface area contributed by atoms with Gasteiger partial charge in [0, 0.05) is 34.6 Å². The van der Waals surface area contributed by atoms with Crippen molar-refractivity contribution in [1.29, 1.82) is 0 Å². The number of amides is 1. The second-order valence-electron chi connectivity index (χ2n) is 6.65. The summed E-state index contributed by atoms with van der Waals surface area (Å²) in [5.74, 6) is 0.364. The van der Waals surface area contributed by atoms with Crippen LogP contribution in [0.25, 0.3) is 11.1 Å². The molecule has 25 heavy (non-hydrogen) atoms. The molecule has 0 saturated heterocycles. The number of aldehydes is 1. The number of aryl methyl sites for hydroxylation is 2. The summed E-state index contributed by atoms with van der Waals surface area (Å²) >= 11 is 0. The van der Waals surface area contributed by atoms with Gasteiger partial charge in [0.05, 0.1) is 0 Å². The molecule has 1 aromatic carbocycles. The molecule has 0 spiro atoms. The Morgan fingerprint density at radius 3 is 2.40 bits per heavy atom. The van der Waals surface area contributed by atoms with E-state index in [1.165, 1.54) is 0 Å². The monoisotopic (exact) mass is 340 g/mol. The van der Waals surface area contributed by atoms with Gasteiger partial charge in [-0.1, -0.05) is 43.7 Å². The minimum atomic E-state index is -1.10. The highest BCUT2D eigenvalue weighted by Gasteiger charge is 2.20. The third-order valence-corrected chi connectivity index (χ3v) is 4.09. The third kappa shape index (κ3) is 4.44. The minimum absolute atomic E-state index is 0.120. The van der Waals surface area contributed by atoms with E-state index < -0.39 is 6.09 Å². The van der Waals surface area contributed by atoms with Crippen molar-refractivity contribution in [3.8, 4) is 11.1 Å². The number of aromatic nitrogens is 1. The van der Waals surface area contributed by atoms with Crippen LogP contribution in [-0.2, 0) is 13.0 Å². The lowest BCUT2D eigenvalue weighted by Gasteiger charge is -2.19. The molecule has 0 atom stereocenters. The molecular formula is C20H24N2O3. The van der Waals surface area contributed by atoms with E-state index in [0.717, 1.165) is 40.7 Å². The Kier molecular flexibility index (Phi) is 5.91. The predicted octanol–water partition coefficient (Wildman–Crippen LogP) is 4.14. The fourth-order valence-electron chi connectivity index (χ4n) is 2.92. The van der Waals surface area contributed by atoms with Gasteiger partial charge < -0.3 is 10.4 Å². The number of pyridine rings is 1. The van der Waals surface area contributed by atoms with Crippen molar-refractivity contribution < 1.29 is 14.7 Å². The predicted molar refractivity (Wildman–Crippen MR) is 97.9 cm³/mol. The molecule has 0 fully saturated rings. The number of rotatable bonds is 6. The zero-order valence-corrected chi connectivity index (χ0v) is 15.1. The molecule has 5 nitrogen and oxygen atoms in total. The lowest BCUT2D eigenvalue weighted by molar-refractivity contribution is 0.112. The number of benzene rings is 1. The Labute approximate surface area is 148 Å². The summed E-state index contributed by atoms with van der Waals surface area (Å²) in [6.45, 7) is 8.11. The number of carbonyl (C=O) groups excluding carboxylic acids is 1. The van der Waals surface area contributed by atoms with Crippen molar-refractivity contribution >= 4 is 12.4 Å². The van der Waals surface area contributed by atoms with E-state index in [4.69, 9.17) is 5.11 Å². The molecule has 0 radical (unpaired) electrons. The molecular weight excluding hydrogens is 316 g/mol. The maximum absolute atomic E-state index is 11.7. The van der Waals surface area contributed by atoms with Gasteiger partial charge in [0.1, 0.15) is 0 Å². The summed E-state index contributed by atoms with van der Waals surface area (Å²) in [5.41, 5.74) is 5.57. The lowest BCUT2D eigenvalue weighted by atomic mass is 9.90. The Hall–Kier alpha value is -2.69. The van der Waals surface area contributed by atoms with Crippen molar-refractivity contribution in [2.75, 3.05) is 0 Å². The molecule has 1 aromatic heterocycles. The number of nitrogens with zero attached hydrogens (tertiary/aromatic N) is 1. The minimum Gasteiger partial charge on any atom is -0.465 e. The second kappa shape index (κ2) is 7.92. The average molecular weight is 340 g/mol. The molecule has 0 saturated carbocycles. The van der Waals surface area contributed by atoms with Crippen LogP contribution in [0.1, 0.15) is 46.7 Å². The first-order valence-electron chi connectivity index (χ1n) is 8.34. The van der Waals surface area contributed by atoms with Gasteiger partial charge in [-0.3, -0.25) is 9.78 Å². The third-order valence-electron chi connectivity index (χ3n) is 4.09. The molecule has 2 aromatic rings. The van der Waals surface area contributed by atoms with Crippen LogP contribution in [0, 0.1) is 19.8 Å². The Bertz CT molecular complexity index is 781. The van der Waals surface area contributed by atoms with E-state index in [9.17, 15) is 9.59 Å². The van der Waals surface area contributed by atoms with E-state index in [1.807, 2.05) is 38.1 Å². The first-order chi connectivity index (χ1) is 11.8. The molecule has 0 bridgehead atoms. The van der Waals surface area contributed by atoms with Crippen molar-refractivity contribution in [2.24, 2.45) is 5.92 Å². The highest BCUT2D eigenvalue weighted by Crippen LogP contribution is 2.31. The molecule has 1 heterocycles. The SMILES string of the molecule is Cc1ccc(-c2c(C=O)c(C)nc(CC(C)C)c2CNC(=O)O)cc1. The normalized spacial score (nSPS) is 10.8. The van der Waals surface area contributed by atoms with Gasteiger partial charge >= 0.3 is 6.09 Å². The first-order valence-corrected chi connectivity index (χ1v) is 8.34. The van der Waals surface area contributed by atoms with Crippen LogP contribution in [0.15, 0.2) is 24.3 Å². The molecule has 0 aliphatic carbocycles. The molecule has 2 N–H and O–H groups in total. The molecule has 132 valence electrons. The van der Waals surface area contributed by atoms with E-state index in [2.05, 4.69) is 24.1 Å². The van der Waals surface area contributed by atoms with Crippen LogP contribution in [0.3, 0.4) is 0 Å². The van der Waals surface area contributed by atoms with Crippen LogP contribution in [0.2, 0.25) is 0 Å². The summed E-state index contributed by atoms with van der Waals surface area (Å²) in [4.78, 5) is 27.4. The highest BCUT2D eigenvalue weighted by molar-refractivity contribution is 5.90. The number of nitrogens with one attached hydrogen (secondary N) is 1. The summed E-state index contributed by atoms with van der Waals surface area (Å²) in [6.07, 6.45) is 0.426. The lowest BCUT2D eigenvalue weighted by Crippen LogP contribution is -2.23. The van der Waals surface area contributed by atoms with Crippen molar-refractivity contribution in [3.63, 3.8) is 0 Å². The maximum Gasteiger partial charge on any atom is 0.404 e. The largest absolute Gasteiger partial charge is 0.465 e. The zero-order chi connectivity index (χ0) is 18.6. The second-order valence-corrected chi connectivity index (χ2v) is 6.65. The number of hydrogen-bond donors (Lipinski definition) is 2. The van der Waals surface area contributed by atoms with E-state index in [-0.39, 0.29) is 6.54 Å². The van der Waals surface area contributed by atoms with Crippen LogP contribution in [0.4, 0.5) is 4.79 Å². The molecule has 0 aliphatic rings. The number of carboxylic acid groups (broad SMARTS) is 1. The molecule has 0 unspecified atom stereocenters. The van der Waals surface area contributed by atoms with E-state index in [1.54, 1.807) is 0 Å². The Morgan fingerprint density at radius 1 is 1.24 bits per heavy atom. The van der Waals surface area contributed by atoms with Gasteiger partial charge in [0.25, 0.3) is 0 Å². The summed E-state index contributed by atoms with van der Waals surface area (Å²) < 4.78 is 0. The topological polar surface area (TPSA) is 79.3 Å². The smallest absolute Gasteiger partial charge is 0.404 e. The highest BCUT2D eigenvalue weighted by atomic mass is 16.4. The Morgan fingerprint density at radius 2 is 1.88 bits per heavy atom. The van der Waals surface area contributed by atoms with Crippen LogP contribution in [-0.4, -0.2) is 22.5 Å². The molecule has 1 amide bonds. The molecule has 0 aliphatic heterocycles. The summed E-state index contributed by atoms with van der Waals surface area (Å²) in [6, 6.07) is 7.88. The fourth-order valence-corrected chi connectivity index (χ4v) is 2.92. The van der Waals surface area contributed by atoms with Gasteiger partial charge in [0.15, 0.2) is 6.29 Å². The number of hydrogen-bond acceptors (Lipinski definition) is 3. The van der Waals surface area contributed by atoms with Crippen LogP contribution >= 0.6 is 0 Å². The number of carbonyl (C=O) groups is 2. The average Bonchev–Trinajstić information content (AvgIpc) is 2.53. The van der Waals surface area contributed by atoms with Crippen molar-refractivity contribution in [3.05, 3.63) is 52.3 Å². The maximum atomic E-state index is 11.7. The van der Waals surface area contributed by atoms with Crippen LogP contribution < -0.4 is 5.32 Å². The van der Waals surface area contributed by atoms with Gasteiger partial charge in [-0.15, -0.1) is 0 Å². The fraction of sp³-hybridized carbons (Fsp3) is 0.350. The van der Waals surface area contributed by atoms with Gasteiger partial charge in [-0.2, -0.15) is 0 Å². The zero-order valence-electron chi connectivity index (χ0n) is 15.1. The van der Waals surface area contributed by atoms with Crippen molar-refractivity contribution in [1.82, 2.24) is 10.3 Å². The summed E-state index contributed by atoms with van der Waals surface area (Å²) in [7, 11) is 0.